The van der Waals surface area contributed by atoms with Crippen LogP contribution in [0.3, 0.4) is 0 Å². The summed E-state index contributed by atoms with van der Waals surface area (Å²) in [5, 5.41) is 1.16. The third-order valence-corrected chi connectivity index (χ3v) is 4.94. The number of aromatic nitrogens is 1. The van der Waals surface area contributed by atoms with E-state index in [-0.39, 0.29) is 11.3 Å². The minimum atomic E-state index is -0.316. The minimum Gasteiger partial charge on any atom is -0.369 e. The molecule has 0 radical (unpaired) electrons. The second kappa shape index (κ2) is 6.71. The number of nitrogens with zero attached hydrogens (tertiary/aromatic N) is 3. The van der Waals surface area contributed by atoms with Crippen molar-refractivity contribution in [3.05, 3.63) is 34.9 Å². The van der Waals surface area contributed by atoms with Crippen LogP contribution in [0.5, 0.6) is 0 Å². The molecule has 1 aromatic heterocycles. The molecular weight excluding hydrogens is 366 g/mol. The zero-order valence-electron chi connectivity index (χ0n) is 14.6. The zero-order valence-corrected chi connectivity index (χ0v) is 16.1. The molecule has 0 atom stereocenters. The monoisotopic (exact) mass is 389 g/mol. The maximum absolute atomic E-state index is 12.6. The van der Waals surface area contributed by atoms with E-state index in [0.717, 1.165) is 48.0 Å². The van der Waals surface area contributed by atoms with Gasteiger partial charge in [0.15, 0.2) is 0 Å². The molecule has 128 valence electrons. The van der Waals surface area contributed by atoms with E-state index < -0.39 is 0 Å². The number of amides is 1. The van der Waals surface area contributed by atoms with Crippen LogP contribution in [0.4, 0.5) is 5.69 Å². The van der Waals surface area contributed by atoms with Crippen LogP contribution in [0.2, 0.25) is 0 Å². The Hall–Kier alpha value is -1.62. The topological polar surface area (TPSA) is 36.4 Å². The van der Waals surface area contributed by atoms with Gasteiger partial charge in [0.25, 0.3) is 0 Å². The summed E-state index contributed by atoms with van der Waals surface area (Å²) in [7, 11) is 0. The number of hydrogen-bond acceptors (Lipinski definition) is 3. The van der Waals surface area contributed by atoms with Crippen molar-refractivity contribution in [2.75, 3.05) is 31.1 Å². The van der Waals surface area contributed by atoms with E-state index in [4.69, 9.17) is 0 Å². The SMILES string of the molecule is CC(C)(C)C(=O)N1CCCN(c2ccnc3ccc(Br)cc23)CC1. The smallest absolute Gasteiger partial charge is 0.228 e. The molecule has 1 aromatic carbocycles. The van der Waals surface area contributed by atoms with Crippen LogP contribution in [0.15, 0.2) is 34.9 Å². The van der Waals surface area contributed by atoms with Crippen molar-refractivity contribution in [1.29, 1.82) is 0 Å². The number of fused-ring (bicyclic) bond motifs is 1. The Bertz CT molecular complexity index is 754. The Morgan fingerprint density at radius 3 is 2.67 bits per heavy atom. The van der Waals surface area contributed by atoms with Gasteiger partial charge in [0.1, 0.15) is 0 Å². The molecule has 1 amide bonds. The molecule has 1 aliphatic rings. The zero-order chi connectivity index (χ0) is 17.3. The molecule has 5 heteroatoms. The lowest BCUT2D eigenvalue weighted by Gasteiger charge is -2.29. The Kier molecular flexibility index (Phi) is 4.81. The standard InChI is InChI=1S/C19H24BrN3O/c1-19(2,3)18(24)23-10-4-9-22(11-12-23)17-7-8-21-16-6-5-14(20)13-15(16)17/h5-8,13H,4,9-12H2,1-3H3. The minimum absolute atomic E-state index is 0.242. The fourth-order valence-corrected chi connectivity index (χ4v) is 3.58. The van der Waals surface area contributed by atoms with Gasteiger partial charge in [-0.3, -0.25) is 9.78 Å². The maximum atomic E-state index is 12.6. The van der Waals surface area contributed by atoms with E-state index >= 15 is 0 Å². The maximum Gasteiger partial charge on any atom is 0.228 e. The van der Waals surface area contributed by atoms with Crippen molar-refractivity contribution in [3.63, 3.8) is 0 Å². The third kappa shape index (κ3) is 3.56. The lowest BCUT2D eigenvalue weighted by molar-refractivity contribution is -0.139. The molecule has 0 unspecified atom stereocenters. The van der Waals surface area contributed by atoms with Crippen molar-refractivity contribution in [3.8, 4) is 0 Å². The first-order chi connectivity index (χ1) is 11.4. The Morgan fingerprint density at radius 1 is 1.12 bits per heavy atom. The molecule has 2 aromatic rings. The van der Waals surface area contributed by atoms with Crippen LogP contribution in [-0.4, -0.2) is 42.0 Å². The van der Waals surface area contributed by atoms with E-state index in [9.17, 15) is 4.79 Å². The molecule has 2 heterocycles. The number of anilines is 1. The van der Waals surface area contributed by atoms with Gasteiger partial charge < -0.3 is 9.80 Å². The Labute approximate surface area is 152 Å². The summed E-state index contributed by atoms with van der Waals surface area (Å²) in [6.07, 6.45) is 2.86. The normalized spacial score (nSPS) is 16.3. The third-order valence-electron chi connectivity index (χ3n) is 4.45. The van der Waals surface area contributed by atoms with E-state index in [1.54, 1.807) is 0 Å². The van der Waals surface area contributed by atoms with E-state index in [1.807, 2.05) is 44.0 Å². The average Bonchev–Trinajstić information content (AvgIpc) is 2.78. The molecule has 0 aliphatic carbocycles. The predicted octanol–water partition coefficient (Wildman–Crippen LogP) is 4.08. The van der Waals surface area contributed by atoms with Crippen molar-refractivity contribution in [1.82, 2.24) is 9.88 Å². The van der Waals surface area contributed by atoms with Gasteiger partial charge in [-0.1, -0.05) is 36.7 Å². The predicted molar refractivity (Wildman–Crippen MR) is 102 cm³/mol. The molecule has 3 rings (SSSR count). The van der Waals surface area contributed by atoms with Gasteiger partial charge in [-0.15, -0.1) is 0 Å². The fraction of sp³-hybridized carbons (Fsp3) is 0.474. The van der Waals surface area contributed by atoms with Crippen LogP contribution in [0.1, 0.15) is 27.2 Å². The number of hydrogen-bond donors (Lipinski definition) is 0. The number of halogens is 1. The number of rotatable bonds is 1. The van der Waals surface area contributed by atoms with Crippen molar-refractivity contribution in [2.45, 2.75) is 27.2 Å². The summed E-state index contributed by atoms with van der Waals surface area (Å²) in [5.74, 6) is 0.242. The number of carbonyl (C=O) groups excluding carboxylic acids is 1. The van der Waals surface area contributed by atoms with Gasteiger partial charge in [0, 0.05) is 53.3 Å². The second-order valence-electron chi connectivity index (χ2n) is 7.37. The second-order valence-corrected chi connectivity index (χ2v) is 8.29. The van der Waals surface area contributed by atoms with Crippen LogP contribution < -0.4 is 4.90 Å². The van der Waals surface area contributed by atoms with E-state index in [2.05, 4.69) is 37.9 Å². The van der Waals surface area contributed by atoms with Gasteiger partial charge in [-0.25, -0.2) is 0 Å². The van der Waals surface area contributed by atoms with Crippen LogP contribution >= 0.6 is 15.9 Å². The van der Waals surface area contributed by atoms with Crippen LogP contribution in [0, 0.1) is 5.41 Å². The van der Waals surface area contributed by atoms with Crippen LogP contribution in [-0.2, 0) is 4.79 Å². The number of pyridine rings is 1. The molecule has 1 fully saturated rings. The van der Waals surface area contributed by atoms with Gasteiger partial charge in [-0.2, -0.15) is 0 Å². The highest BCUT2D eigenvalue weighted by atomic mass is 79.9. The van der Waals surface area contributed by atoms with Crippen molar-refractivity contribution < 1.29 is 4.79 Å². The fourth-order valence-electron chi connectivity index (χ4n) is 3.22. The highest BCUT2D eigenvalue weighted by Gasteiger charge is 2.28. The lowest BCUT2D eigenvalue weighted by Crippen LogP contribution is -2.41. The Balaban J connectivity index is 1.85. The molecule has 0 spiro atoms. The largest absolute Gasteiger partial charge is 0.369 e. The number of benzene rings is 1. The van der Waals surface area contributed by atoms with Gasteiger partial charge in [0.2, 0.25) is 5.91 Å². The molecule has 4 nitrogen and oxygen atoms in total. The first-order valence-corrected chi connectivity index (χ1v) is 9.24. The summed E-state index contributed by atoms with van der Waals surface area (Å²) in [5.41, 5.74) is 1.89. The van der Waals surface area contributed by atoms with Crippen LogP contribution in [0.25, 0.3) is 10.9 Å². The highest BCUT2D eigenvalue weighted by molar-refractivity contribution is 9.10. The first-order valence-electron chi connectivity index (χ1n) is 8.45. The summed E-state index contributed by atoms with van der Waals surface area (Å²) in [4.78, 5) is 21.4. The molecular formula is C19H24BrN3O. The van der Waals surface area contributed by atoms with Crippen molar-refractivity contribution in [2.24, 2.45) is 5.41 Å². The molecule has 24 heavy (non-hydrogen) atoms. The quantitative estimate of drug-likeness (QED) is 0.736. The summed E-state index contributed by atoms with van der Waals surface area (Å²) < 4.78 is 1.06. The molecule has 0 bridgehead atoms. The van der Waals surface area contributed by atoms with Gasteiger partial charge >= 0.3 is 0 Å². The summed E-state index contributed by atoms with van der Waals surface area (Å²) in [6, 6.07) is 8.26. The van der Waals surface area contributed by atoms with Gasteiger partial charge in [-0.05, 0) is 30.7 Å². The number of carbonyl (C=O) groups is 1. The molecule has 0 saturated carbocycles. The molecule has 1 saturated heterocycles. The Morgan fingerprint density at radius 2 is 1.92 bits per heavy atom. The van der Waals surface area contributed by atoms with Gasteiger partial charge in [0.05, 0.1) is 5.52 Å². The highest BCUT2D eigenvalue weighted by Crippen LogP contribution is 2.29. The average molecular weight is 390 g/mol. The lowest BCUT2D eigenvalue weighted by atomic mass is 9.94. The van der Waals surface area contributed by atoms with Crippen molar-refractivity contribution >= 4 is 38.4 Å². The van der Waals surface area contributed by atoms with E-state index in [0.29, 0.717) is 0 Å². The molecule has 1 aliphatic heterocycles. The summed E-state index contributed by atoms with van der Waals surface area (Å²) >= 11 is 3.56. The summed E-state index contributed by atoms with van der Waals surface area (Å²) in [6.45, 7) is 9.39. The van der Waals surface area contributed by atoms with E-state index in [1.165, 1.54) is 5.69 Å². The molecule has 0 N–H and O–H groups in total. The first kappa shape index (κ1) is 17.2.